The first-order chi connectivity index (χ1) is 13.2. The van der Waals surface area contributed by atoms with Crippen LogP contribution in [0.4, 0.5) is 0 Å². The molecule has 1 aliphatic carbocycles. The van der Waals surface area contributed by atoms with E-state index in [2.05, 4.69) is 78.1 Å². The molecule has 3 nitrogen and oxygen atoms in total. The molecule has 3 aromatic rings. The summed E-state index contributed by atoms with van der Waals surface area (Å²) in [6, 6.07) is 27.3. The van der Waals surface area contributed by atoms with Crippen LogP contribution in [-0.2, 0) is 15.1 Å². The van der Waals surface area contributed by atoms with E-state index in [1.807, 2.05) is 13.0 Å². The molecule has 1 saturated heterocycles. The van der Waals surface area contributed by atoms with Crippen molar-refractivity contribution < 1.29 is 9.53 Å². The lowest BCUT2D eigenvalue weighted by Gasteiger charge is -2.39. The number of nitrogens with one attached hydrogen (secondary N) is 1. The van der Waals surface area contributed by atoms with E-state index in [0.717, 1.165) is 5.56 Å². The number of ether oxygens (including phenoxy) is 1. The molecule has 1 unspecified atom stereocenters. The number of benzene rings is 3. The number of carbonyl (C=O) groups is 1. The van der Waals surface area contributed by atoms with Crippen LogP contribution >= 0.6 is 0 Å². The van der Waals surface area contributed by atoms with E-state index in [-0.39, 0.29) is 5.97 Å². The summed E-state index contributed by atoms with van der Waals surface area (Å²) in [4.78, 5) is 12.6. The average Bonchev–Trinajstić information content (AvgIpc) is 3.19. The molecule has 0 bridgehead atoms. The lowest BCUT2D eigenvalue weighted by atomic mass is 9.78. The largest absolute Gasteiger partial charge is 0.464 e. The third-order valence-electron chi connectivity index (χ3n) is 5.91. The molecule has 0 amide bonds. The van der Waals surface area contributed by atoms with E-state index in [4.69, 9.17) is 4.74 Å². The van der Waals surface area contributed by atoms with Crippen LogP contribution in [0.15, 0.2) is 78.9 Å². The average molecular weight is 355 g/mol. The van der Waals surface area contributed by atoms with Crippen molar-refractivity contribution in [3.63, 3.8) is 0 Å². The number of esters is 1. The molecule has 0 saturated carbocycles. The Labute approximate surface area is 159 Å². The van der Waals surface area contributed by atoms with Crippen LogP contribution in [0.1, 0.15) is 30.0 Å². The molecule has 0 radical (unpaired) electrons. The highest BCUT2D eigenvalue weighted by atomic mass is 16.5. The van der Waals surface area contributed by atoms with Gasteiger partial charge in [-0.3, -0.25) is 10.1 Å². The molecular weight excluding hydrogens is 334 g/mol. The normalized spacial score (nSPS) is 22.2. The fourth-order valence-electron chi connectivity index (χ4n) is 4.58. The Kier molecular flexibility index (Phi) is 3.49. The van der Waals surface area contributed by atoms with Gasteiger partial charge in [0, 0.05) is 6.42 Å². The van der Waals surface area contributed by atoms with E-state index in [9.17, 15) is 4.79 Å². The molecule has 134 valence electrons. The number of carbonyl (C=O) groups excluding carboxylic acids is 1. The first-order valence-electron chi connectivity index (χ1n) is 9.37. The molecular formula is C24H21NO2. The van der Waals surface area contributed by atoms with Crippen molar-refractivity contribution in [3.8, 4) is 11.1 Å². The van der Waals surface area contributed by atoms with Crippen LogP contribution in [0, 0.1) is 0 Å². The van der Waals surface area contributed by atoms with Gasteiger partial charge in [0.1, 0.15) is 5.54 Å². The van der Waals surface area contributed by atoms with Crippen LogP contribution in [0.5, 0.6) is 0 Å². The monoisotopic (exact) mass is 355 g/mol. The summed E-state index contributed by atoms with van der Waals surface area (Å²) in [6.45, 7) is 2.41. The van der Waals surface area contributed by atoms with Gasteiger partial charge in [0.2, 0.25) is 0 Å². The number of rotatable bonds is 3. The van der Waals surface area contributed by atoms with Crippen LogP contribution < -0.4 is 5.32 Å². The predicted molar refractivity (Wildman–Crippen MR) is 105 cm³/mol. The summed E-state index contributed by atoms with van der Waals surface area (Å²) in [6.07, 6.45) is 0.657. The zero-order valence-corrected chi connectivity index (χ0v) is 15.2. The molecule has 1 aliphatic heterocycles. The lowest BCUT2D eigenvalue weighted by molar-refractivity contribution is -0.143. The summed E-state index contributed by atoms with van der Waals surface area (Å²) in [5.41, 5.74) is 4.58. The number of fused-ring (bicyclic) bond motifs is 3. The number of hydrogen-bond donors (Lipinski definition) is 1. The molecule has 5 rings (SSSR count). The smallest absolute Gasteiger partial charge is 0.326 e. The topological polar surface area (TPSA) is 38.3 Å². The van der Waals surface area contributed by atoms with E-state index < -0.39 is 11.1 Å². The van der Waals surface area contributed by atoms with E-state index in [1.54, 1.807) is 0 Å². The Bertz CT molecular complexity index is 982. The van der Waals surface area contributed by atoms with Gasteiger partial charge in [-0.15, -0.1) is 0 Å². The highest BCUT2D eigenvalue weighted by molar-refractivity contribution is 5.86. The summed E-state index contributed by atoms with van der Waals surface area (Å²) in [7, 11) is 0. The van der Waals surface area contributed by atoms with Crippen molar-refractivity contribution in [1.29, 1.82) is 0 Å². The standard InChI is InChI=1S/C24H21NO2/c1-23(15-16-27-22(23)26)25-24(17-9-3-2-4-10-17)20-13-7-5-11-18(20)19-12-6-8-14-21(19)24/h2-14,25H,15-16H2,1H3. The van der Waals surface area contributed by atoms with Gasteiger partial charge in [0.05, 0.1) is 12.1 Å². The minimum Gasteiger partial charge on any atom is -0.464 e. The minimum atomic E-state index is -0.736. The van der Waals surface area contributed by atoms with Crippen LogP contribution in [0.25, 0.3) is 11.1 Å². The first-order valence-corrected chi connectivity index (χ1v) is 9.37. The molecule has 3 aromatic carbocycles. The maximum absolute atomic E-state index is 12.6. The summed E-state index contributed by atoms with van der Waals surface area (Å²) >= 11 is 0. The molecule has 27 heavy (non-hydrogen) atoms. The quantitative estimate of drug-likeness (QED) is 0.714. The molecule has 3 heteroatoms. The zero-order valence-electron chi connectivity index (χ0n) is 15.2. The maximum atomic E-state index is 12.6. The van der Waals surface area contributed by atoms with Crippen molar-refractivity contribution in [2.75, 3.05) is 6.61 Å². The second-order valence-electron chi connectivity index (χ2n) is 7.55. The van der Waals surface area contributed by atoms with Crippen molar-refractivity contribution in [3.05, 3.63) is 95.6 Å². The molecule has 1 heterocycles. The van der Waals surface area contributed by atoms with E-state index in [0.29, 0.717) is 13.0 Å². The summed E-state index contributed by atoms with van der Waals surface area (Å²) < 4.78 is 5.33. The van der Waals surface area contributed by atoms with Crippen LogP contribution in [-0.4, -0.2) is 18.1 Å². The highest BCUT2D eigenvalue weighted by Crippen LogP contribution is 2.52. The van der Waals surface area contributed by atoms with Crippen molar-refractivity contribution in [1.82, 2.24) is 5.32 Å². The maximum Gasteiger partial charge on any atom is 0.326 e. The lowest BCUT2D eigenvalue weighted by Crippen LogP contribution is -2.57. The van der Waals surface area contributed by atoms with Crippen molar-refractivity contribution >= 4 is 5.97 Å². The SMILES string of the molecule is CC1(NC2(c3ccccc3)c3ccccc3-c3ccccc32)CCOC1=O. The molecule has 0 spiro atoms. The fraction of sp³-hybridized carbons (Fsp3) is 0.208. The molecule has 1 atom stereocenters. The van der Waals surface area contributed by atoms with Gasteiger partial charge in [-0.25, -0.2) is 0 Å². The summed E-state index contributed by atoms with van der Waals surface area (Å²) in [5.74, 6) is -0.181. The third kappa shape index (κ3) is 2.22. The molecule has 1 fully saturated rings. The number of cyclic esters (lactones) is 1. The Morgan fingerprint density at radius 2 is 1.37 bits per heavy atom. The Balaban J connectivity index is 1.83. The predicted octanol–water partition coefficient (Wildman–Crippen LogP) is 4.25. The second kappa shape index (κ2) is 5.80. The van der Waals surface area contributed by atoms with Gasteiger partial charge >= 0.3 is 5.97 Å². The van der Waals surface area contributed by atoms with Crippen LogP contribution in [0.2, 0.25) is 0 Å². The van der Waals surface area contributed by atoms with Crippen molar-refractivity contribution in [2.24, 2.45) is 0 Å². The Morgan fingerprint density at radius 3 is 1.93 bits per heavy atom. The van der Waals surface area contributed by atoms with E-state index >= 15 is 0 Å². The van der Waals surface area contributed by atoms with Crippen molar-refractivity contribution in [2.45, 2.75) is 24.4 Å². The van der Waals surface area contributed by atoms with Gasteiger partial charge in [0.15, 0.2) is 0 Å². The fourth-order valence-corrected chi connectivity index (χ4v) is 4.58. The Morgan fingerprint density at radius 1 is 0.815 bits per heavy atom. The van der Waals surface area contributed by atoms with Gasteiger partial charge in [-0.1, -0.05) is 78.9 Å². The van der Waals surface area contributed by atoms with Gasteiger partial charge in [-0.05, 0) is 34.7 Å². The third-order valence-corrected chi connectivity index (χ3v) is 5.91. The zero-order chi connectivity index (χ0) is 18.5. The summed E-state index contributed by atoms with van der Waals surface area (Å²) in [5, 5.41) is 3.77. The molecule has 1 N–H and O–H groups in total. The highest BCUT2D eigenvalue weighted by Gasteiger charge is 2.52. The van der Waals surface area contributed by atoms with Crippen LogP contribution in [0.3, 0.4) is 0 Å². The second-order valence-corrected chi connectivity index (χ2v) is 7.55. The van der Waals surface area contributed by atoms with Gasteiger partial charge in [-0.2, -0.15) is 0 Å². The van der Waals surface area contributed by atoms with Gasteiger partial charge in [0.25, 0.3) is 0 Å². The minimum absolute atomic E-state index is 0.181. The first kappa shape index (κ1) is 16.3. The molecule has 0 aromatic heterocycles. The number of hydrogen-bond acceptors (Lipinski definition) is 3. The van der Waals surface area contributed by atoms with Gasteiger partial charge < -0.3 is 4.74 Å². The Hall–Kier alpha value is -2.91. The molecule has 2 aliphatic rings. The van der Waals surface area contributed by atoms with E-state index in [1.165, 1.54) is 22.3 Å².